The van der Waals surface area contributed by atoms with Crippen LogP contribution in [0.5, 0.6) is 0 Å². The van der Waals surface area contributed by atoms with E-state index in [-0.39, 0.29) is 0 Å². The summed E-state index contributed by atoms with van der Waals surface area (Å²) in [6.07, 6.45) is 3.93. The lowest BCUT2D eigenvalue weighted by atomic mass is 10.1. The highest BCUT2D eigenvalue weighted by Gasteiger charge is 2.03. The molecule has 1 aromatic carbocycles. The number of hydrogen-bond acceptors (Lipinski definition) is 1. The molecule has 2 N–H and O–H groups in total. The van der Waals surface area contributed by atoms with E-state index in [0.29, 0.717) is 17.7 Å². The van der Waals surface area contributed by atoms with Gasteiger partial charge in [-0.2, -0.15) is 0 Å². The second-order valence-electron chi connectivity index (χ2n) is 4.07. The highest BCUT2D eigenvalue weighted by molar-refractivity contribution is 7.80. The number of hydrogen-bond donors (Lipinski definition) is 2. The predicted molar refractivity (Wildman–Crippen MR) is 78.2 cm³/mol. The summed E-state index contributed by atoms with van der Waals surface area (Å²) in [6, 6.07) is 10.9. The van der Waals surface area contributed by atoms with Gasteiger partial charge in [-0.1, -0.05) is 36.4 Å². The lowest BCUT2D eigenvalue weighted by Gasteiger charge is -2.16. The van der Waals surface area contributed by atoms with E-state index in [1.807, 2.05) is 6.07 Å². The lowest BCUT2D eigenvalue weighted by Crippen LogP contribution is -2.40. The Hall–Kier alpha value is -1.35. The first-order valence-electron chi connectivity index (χ1n) is 5.91. The summed E-state index contributed by atoms with van der Waals surface area (Å²) in [7, 11) is 0. The minimum absolute atomic E-state index is 0.375. The fourth-order valence-corrected chi connectivity index (χ4v) is 1.82. The number of rotatable bonds is 6. The van der Waals surface area contributed by atoms with Crippen molar-refractivity contribution in [2.45, 2.75) is 25.8 Å². The Morgan fingerprint density at radius 2 is 2.12 bits per heavy atom. The number of aryl methyl sites for hydroxylation is 1. The van der Waals surface area contributed by atoms with E-state index in [2.05, 4.69) is 48.4 Å². The monoisotopic (exact) mass is 248 g/mol. The summed E-state index contributed by atoms with van der Waals surface area (Å²) in [5.74, 6) is 0. The zero-order chi connectivity index (χ0) is 12.5. The molecule has 0 heterocycles. The Bertz CT molecular complexity index is 348. The highest BCUT2D eigenvalue weighted by Crippen LogP contribution is 2.04. The average Bonchev–Trinajstić information content (AvgIpc) is 2.35. The molecular formula is C14H20N2S. The lowest BCUT2D eigenvalue weighted by molar-refractivity contribution is 0.602. The molecule has 0 spiro atoms. The van der Waals surface area contributed by atoms with Crippen molar-refractivity contribution in [1.29, 1.82) is 0 Å². The maximum Gasteiger partial charge on any atom is 0.166 e. The van der Waals surface area contributed by atoms with Crippen molar-refractivity contribution in [3.63, 3.8) is 0 Å². The van der Waals surface area contributed by atoms with E-state index < -0.39 is 0 Å². The Labute approximate surface area is 109 Å². The van der Waals surface area contributed by atoms with Crippen molar-refractivity contribution < 1.29 is 0 Å². The van der Waals surface area contributed by atoms with Gasteiger partial charge in [0, 0.05) is 12.6 Å². The molecule has 0 aromatic heterocycles. The fraction of sp³-hybridized carbons (Fsp3) is 0.357. The molecule has 2 nitrogen and oxygen atoms in total. The number of benzene rings is 1. The molecule has 17 heavy (non-hydrogen) atoms. The van der Waals surface area contributed by atoms with Crippen LogP contribution in [0.3, 0.4) is 0 Å². The van der Waals surface area contributed by atoms with Crippen LogP contribution in [0.15, 0.2) is 43.0 Å². The molecule has 0 aliphatic heterocycles. The fourth-order valence-electron chi connectivity index (χ4n) is 1.54. The Morgan fingerprint density at radius 1 is 1.41 bits per heavy atom. The van der Waals surface area contributed by atoms with Gasteiger partial charge in [-0.3, -0.25) is 0 Å². The standard InChI is InChI=1S/C14H20N2S/c1-3-11-15-14(17)16-12(2)9-10-13-7-5-4-6-8-13/h3-8,12H,1,9-11H2,2H3,(H2,15,16,17)/t12-/m0/s1. The molecule has 0 unspecified atom stereocenters. The summed E-state index contributed by atoms with van der Waals surface area (Å²) < 4.78 is 0. The minimum atomic E-state index is 0.375. The van der Waals surface area contributed by atoms with Gasteiger partial charge in [0.1, 0.15) is 0 Å². The normalized spacial score (nSPS) is 11.6. The summed E-state index contributed by atoms with van der Waals surface area (Å²) in [6.45, 7) is 6.49. The van der Waals surface area contributed by atoms with E-state index in [1.54, 1.807) is 6.08 Å². The van der Waals surface area contributed by atoms with Crippen molar-refractivity contribution in [2.24, 2.45) is 0 Å². The largest absolute Gasteiger partial charge is 0.360 e. The third-order valence-corrected chi connectivity index (χ3v) is 2.76. The van der Waals surface area contributed by atoms with Crippen molar-refractivity contribution in [3.8, 4) is 0 Å². The third kappa shape index (κ3) is 6.07. The van der Waals surface area contributed by atoms with Gasteiger partial charge < -0.3 is 10.6 Å². The number of thiocarbonyl (C=S) groups is 1. The smallest absolute Gasteiger partial charge is 0.166 e. The molecule has 0 saturated heterocycles. The van der Waals surface area contributed by atoms with Gasteiger partial charge in [0.25, 0.3) is 0 Å². The molecule has 0 aliphatic carbocycles. The van der Waals surface area contributed by atoms with Crippen LogP contribution in [0, 0.1) is 0 Å². The van der Waals surface area contributed by atoms with Crippen LogP contribution >= 0.6 is 12.2 Å². The Balaban J connectivity index is 2.23. The van der Waals surface area contributed by atoms with E-state index in [0.717, 1.165) is 12.8 Å². The molecule has 1 atom stereocenters. The van der Waals surface area contributed by atoms with Crippen LogP contribution in [-0.2, 0) is 6.42 Å². The number of nitrogens with one attached hydrogen (secondary N) is 2. The molecule has 0 aliphatic rings. The van der Waals surface area contributed by atoms with Gasteiger partial charge in [0.2, 0.25) is 0 Å². The van der Waals surface area contributed by atoms with Gasteiger partial charge in [0.05, 0.1) is 0 Å². The van der Waals surface area contributed by atoms with Crippen LogP contribution in [0.25, 0.3) is 0 Å². The molecule has 1 aromatic rings. The summed E-state index contributed by atoms with van der Waals surface area (Å²) >= 11 is 5.16. The molecule has 0 amide bonds. The molecule has 0 fully saturated rings. The summed E-state index contributed by atoms with van der Waals surface area (Å²) in [5, 5.41) is 7.02. The molecule has 1 rings (SSSR count). The maximum atomic E-state index is 5.16. The Kier molecular flexibility index (Phi) is 6.33. The maximum absolute atomic E-state index is 5.16. The zero-order valence-electron chi connectivity index (χ0n) is 10.3. The first-order chi connectivity index (χ1) is 8.22. The average molecular weight is 248 g/mol. The highest BCUT2D eigenvalue weighted by atomic mass is 32.1. The SMILES string of the molecule is C=CCNC(=S)N[C@@H](C)CCc1ccccc1. The predicted octanol–water partition coefficient (Wildman–Crippen LogP) is 2.66. The molecule has 0 saturated carbocycles. The summed E-state index contributed by atoms with van der Waals surface area (Å²) in [4.78, 5) is 0. The van der Waals surface area contributed by atoms with Gasteiger partial charge in [0.15, 0.2) is 5.11 Å². The van der Waals surface area contributed by atoms with Gasteiger partial charge >= 0.3 is 0 Å². The summed E-state index contributed by atoms with van der Waals surface area (Å²) in [5.41, 5.74) is 1.37. The molecule has 3 heteroatoms. The van der Waals surface area contributed by atoms with Gasteiger partial charge in [-0.05, 0) is 37.5 Å². The van der Waals surface area contributed by atoms with Crippen LogP contribution in [-0.4, -0.2) is 17.7 Å². The second kappa shape index (κ2) is 7.85. The second-order valence-corrected chi connectivity index (χ2v) is 4.48. The quantitative estimate of drug-likeness (QED) is 0.598. The van der Waals surface area contributed by atoms with E-state index in [4.69, 9.17) is 12.2 Å². The van der Waals surface area contributed by atoms with Crippen molar-refractivity contribution in [3.05, 3.63) is 48.6 Å². The Morgan fingerprint density at radius 3 is 2.76 bits per heavy atom. The zero-order valence-corrected chi connectivity index (χ0v) is 11.1. The first kappa shape index (κ1) is 13.7. The van der Waals surface area contributed by atoms with Crippen LogP contribution < -0.4 is 10.6 Å². The van der Waals surface area contributed by atoms with E-state index in [1.165, 1.54) is 5.56 Å². The van der Waals surface area contributed by atoms with Crippen molar-refractivity contribution in [1.82, 2.24) is 10.6 Å². The van der Waals surface area contributed by atoms with Crippen LogP contribution in [0.4, 0.5) is 0 Å². The third-order valence-electron chi connectivity index (χ3n) is 2.49. The van der Waals surface area contributed by atoms with Crippen LogP contribution in [0.2, 0.25) is 0 Å². The molecule has 92 valence electrons. The van der Waals surface area contributed by atoms with Gasteiger partial charge in [-0.25, -0.2) is 0 Å². The molecular weight excluding hydrogens is 228 g/mol. The topological polar surface area (TPSA) is 24.1 Å². The van der Waals surface area contributed by atoms with E-state index in [9.17, 15) is 0 Å². The van der Waals surface area contributed by atoms with Gasteiger partial charge in [-0.15, -0.1) is 6.58 Å². The van der Waals surface area contributed by atoms with Crippen molar-refractivity contribution >= 4 is 17.3 Å². The van der Waals surface area contributed by atoms with E-state index >= 15 is 0 Å². The molecule has 0 radical (unpaired) electrons. The molecule has 0 bridgehead atoms. The van der Waals surface area contributed by atoms with Crippen LogP contribution in [0.1, 0.15) is 18.9 Å². The minimum Gasteiger partial charge on any atom is -0.360 e. The van der Waals surface area contributed by atoms with Crippen molar-refractivity contribution in [2.75, 3.05) is 6.54 Å². The first-order valence-corrected chi connectivity index (χ1v) is 6.32.